The van der Waals surface area contributed by atoms with Crippen molar-refractivity contribution in [1.82, 2.24) is 15.5 Å². The quantitative estimate of drug-likeness (QED) is 0.825. The van der Waals surface area contributed by atoms with Crippen LogP contribution in [0.2, 0.25) is 0 Å². The largest absolute Gasteiger partial charge is 0.314 e. The molecule has 1 aromatic heterocycles. The van der Waals surface area contributed by atoms with Gasteiger partial charge in [0.1, 0.15) is 0 Å². The topological polar surface area (TPSA) is 40.7 Å². The summed E-state index contributed by atoms with van der Waals surface area (Å²) in [6.45, 7) is 0. The average molecular weight is 230 g/mol. The van der Waals surface area contributed by atoms with Crippen molar-refractivity contribution in [2.24, 2.45) is 0 Å². The van der Waals surface area contributed by atoms with Crippen molar-refractivity contribution in [3.8, 4) is 0 Å². The number of hydrogen-bond donors (Lipinski definition) is 2. The predicted molar refractivity (Wildman–Crippen MR) is 51.0 cm³/mol. The second kappa shape index (κ2) is 2.85. The Labute approximate surface area is 80.1 Å². The first-order valence-electron chi connectivity index (χ1n) is 4.12. The maximum Gasteiger partial charge on any atom is 0.0632 e. The Morgan fingerprint density at radius 1 is 1.75 bits per heavy atom. The van der Waals surface area contributed by atoms with Crippen LogP contribution in [-0.2, 0) is 6.42 Å². The molecule has 2 N–H and O–H groups in total. The molecule has 0 bridgehead atoms. The fraction of sp³-hybridized carbons (Fsp3) is 0.625. The van der Waals surface area contributed by atoms with Crippen LogP contribution < -0.4 is 5.32 Å². The zero-order valence-corrected chi connectivity index (χ0v) is 8.61. The summed E-state index contributed by atoms with van der Waals surface area (Å²) in [5.74, 6) is 0. The van der Waals surface area contributed by atoms with Crippen molar-refractivity contribution in [3.05, 3.63) is 16.4 Å². The molecule has 12 heavy (non-hydrogen) atoms. The highest BCUT2D eigenvalue weighted by Crippen LogP contribution is 2.38. The molecule has 0 amide bonds. The molecular weight excluding hydrogens is 218 g/mol. The molecular formula is C8H12BrN3. The highest BCUT2D eigenvalue weighted by Gasteiger charge is 2.41. The van der Waals surface area contributed by atoms with E-state index in [2.05, 4.69) is 31.4 Å². The van der Waals surface area contributed by atoms with Gasteiger partial charge in [0.25, 0.3) is 0 Å². The van der Waals surface area contributed by atoms with E-state index in [1.54, 1.807) is 6.20 Å². The number of rotatable bonds is 3. The number of aromatic amines is 1. The minimum absolute atomic E-state index is 0.356. The number of halogens is 1. The molecule has 0 unspecified atom stereocenters. The first kappa shape index (κ1) is 8.26. The van der Waals surface area contributed by atoms with E-state index in [0.29, 0.717) is 5.54 Å². The van der Waals surface area contributed by atoms with Gasteiger partial charge < -0.3 is 5.32 Å². The van der Waals surface area contributed by atoms with Gasteiger partial charge in [-0.2, -0.15) is 5.10 Å². The van der Waals surface area contributed by atoms with Crippen LogP contribution in [0.25, 0.3) is 0 Å². The maximum atomic E-state index is 3.97. The van der Waals surface area contributed by atoms with E-state index in [1.165, 1.54) is 18.5 Å². The van der Waals surface area contributed by atoms with Gasteiger partial charge in [-0.05, 0) is 35.8 Å². The van der Waals surface area contributed by atoms with Crippen LogP contribution in [0.3, 0.4) is 0 Å². The van der Waals surface area contributed by atoms with Crippen LogP contribution in [-0.4, -0.2) is 22.8 Å². The summed E-state index contributed by atoms with van der Waals surface area (Å²) in [4.78, 5) is 0. The van der Waals surface area contributed by atoms with Gasteiger partial charge in [-0.3, -0.25) is 5.10 Å². The number of aromatic nitrogens is 2. The Balaban J connectivity index is 2.08. The number of likely N-dealkylation sites (N-methyl/N-ethyl adjacent to an activating group) is 1. The van der Waals surface area contributed by atoms with Crippen LogP contribution >= 0.6 is 15.9 Å². The number of nitrogens with zero attached hydrogens (tertiary/aromatic N) is 1. The number of hydrogen-bond acceptors (Lipinski definition) is 2. The fourth-order valence-electron chi connectivity index (χ4n) is 1.43. The SMILES string of the molecule is CNC1(Cc2[nH]ncc2Br)CC1. The van der Waals surface area contributed by atoms with Crippen molar-refractivity contribution < 1.29 is 0 Å². The van der Waals surface area contributed by atoms with Gasteiger partial charge in [-0.25, -0.2) is 0 Å². The monoisotopic (exact) mass is 229 g/mol. The minimum Gasteiger partial charge on any atom is -0.314 e. The van der Waals surface area contributed by atoms with Gasteiger partial charge in [-0.1, -0.05) is 0 Å². The van der Waals surface area contributed by atoms with E-state index in [0.717, 1.165) is 10.9 Å². The number of nitrogens with one attached hydrogen (secondary N) is 2. The van der Waals surface area contributed by atoms with E-state index < -0.39 is 0 Å². The third kappa shape index (κ3) is 1.41. The van der Waals surface area contributed by atoms with Crippen LogP contribution in [0.5, 0.6) is 0 Å². The molecule has 0 aromatic carbocycles. The van der Waals surface area contributed by atoms with Crippen LogP contribution in [0, 0.1) is 0 Å². The lowest BCUT2D eigenvalue weighted by Gasteiger charge is -2.12. The summed E-state index contributed by atoms with van der Waals surface area (Å²) >= 11 is 3.45. The molecule has 0 saturated heterocycles. The average Bonchev–Trinajstić information content (AvgIpc) is 2.74. The Morgan fingerprint density at radius 3 is 2.92 bits per heavy atom. The van der Waals surface area contributed by atoms with Crippen LogP contribution in [0.4, 0.5) is 0 Å². The lowest BCUT2D eigenvalue weighted by molar-refractivity contribution is 0.540. The van der Waals surface area contributed by atoms with E-state index in [1.807, 2.05) is 7.05 Å². The van der Waals surface area contributed by atoms with Crippen molar-refractivity contribution in [2.75, 3.05) is 7.05 Å². The standard InChI is InChI=1S/C8H12BrN3/c1-10-8(2-3-8)4-7-6(9)5-11-12-7/h5,10H,2-4H2,1H3,(H,11,12). The smallest absolute Gasteiger partial charge is 0.0632 e. The van der Waals surface area contributed by atoms with Crippen molar-refractivity contribution in [2.45, 2.75) is 24.8 Å². The number of H-pyrrole nitrogens is 1. The molecule has 3 nitrogen and oxygen atoms in total. The molecule has 0 spiro atoms. The van der Waals surface area contributed by atoms with Crippen molar-refractivity contribution >= 4 is 15.9 Å². The summed E-state index contributed by atoms with van der Waals surface area (Å²) < 4.78 is 1.09. The second-order valence-corrected chi connectivity index (χ2v) is 4.26. The third-order valence-electron chi connectivity index (χ3n) is 2.56. The van der Waals surface area contributed by atoms with Gasteiger partial charge in [-0.15, -0.1) is 0 Å². The summed E-state index contributed by atoms with van der Waals surface area (Å²) in [6.07, 6.45) is 5.40. The molecule has 2 rings (SSSR count). The second-order valence-electron chi connectivity index (χ2n) is 3.40. The van der Waals surface area contributed by atoms with E-state index in [4.69, 9.17) is 0 Å². The van der Waals surface area contributed by atoms with Crippen molar-refractivity contribution in [3.63, 3.8) is 0 Å². The normalized spacial score (nSPS) is 19.5. The third-order valence-corrected chi connectivity index (χ3v) is 3.25. The van der Waals surface area contributed by atoms with Gasteiger partial charge >= 0.3 is 0 Å². The van der Waals surface area contributed by atoms with Gasteiger partial charge in [0.2, 0.25) is 0 Å². The molecule has 1 aliphatic carbocycles. The molecule has 1 heterocycles. The van der Waals surface area contributed by atoms with Gasteiger partial charge in [0.05, 0.1) is 16.4 Å². The molecule has 1 aliphatic rings. The van der Waals surface area contributed by atoms with Gasteiger partial charge in [0.15, 0.2) is 0 Å². The zero-order valence-electron chi connectivity index (χ0n) is 7.02. The van der Waals surface area contributed by atoms with E-state index >= 15 is 0 Å². The van der Waals surface area contributed by atoms with Crippen LogP contribution in [0.15, 0.2) is 10.7 Å². The van der Waals surface area contributed by atoms with Crippen molar-refractivity contribution in [1.29, 1.82) is 0 Å². The molecule has 0 atom stereocenters. The Morgan fingerprint density at radius 2 is 2.50 bits per heavy atom. The Bertz CT molecular complexity index is 278. The first-order valence-corrected chi connectivity index (χ1v) is 4.92. The van der Waals surface area contributed by atoms with E-state index in [9.17, 15) is 0 Å². The molecule has 4 heteroatoms. The Kier molecular flexibility index (Phi) is 1.96. The molecule has 1 aromatic rings. The maximum absolute atomic E-state index is 3.97. The summed E-state index contributed by atoms with van der Waals surface area (Å²) in [7, 11) is 2.03. The first-order chi connectivity index (χ1) is 5.76. The Hall–Kier alpha value is -0.350. The minimum atomic E-state index is 0.356. The summed E-state index contributed by atoms with van der Waals surface area (Å²) in [5.41, 5.74) is 1.55. The predicted octanol–water partition coefficient (Wildman–Crippen LogP) is 1.47. The molecule has 1 saturated carbocycles. The summed E-state index contributed by atoms with van der Waals surface area (Å²) in [6, 6.07) is 0. The highest BCUT2D eigenvalue weighted by atomic mass is 79.9. The van der Waals surface area contributed by atoms with Gasteiger partial charge in [0, 0.05) is 12.0 Å². The lowest BCUT2D eigenvalue weighted by atomic mass is 10.1. The molecule has 0 aliphatic heterocycles. The highest BCUT2D eigenvalue weighted by molar-refractivity contribution is 9.10. The summed E-state index contributed by atoms with van der Waals surface area (Å²) in [5, 5.41) is 10.3. The molecule has 1 fully saturated rings. The van der Waals surface area contributed by atoms with Crippen LogP contribution in [0.1, 0.15) is 18.5 Å². The molecule has 66 valence electrons. The fourth-order valence-corrected chi connectivity index (χ4v) is 1.76. The zero-order chi connectivity index (χ0) is 8.60. The lowest BCUT2D eigenvalue weighted by Crippen LogP contribution is -2.29. The molecule has 0 radical (unpaired) electrons. The van der Waals surface area contributed by atoms with E-state index in [-0.39, 0.29) is 0 Å².